The van der Waals surface area contributed by atoms with Crippen LogP contribution in [0.2, 0.25) is 0 Å². The molecule has 1 aliphatic carbocycles. The van der Waals surface area contributed by atoms with E-state index >= 15 is 0 Å². The van der Waals surface area contributed by atoms with E-state index in [1.807, 2.05) is 6.92 Å². The molecule has 102 valence electrons. The van der Waals surface area contributed by atoms with Gasteiger partial charge in [-0.25, -0.2) is 0 Å². The lowest BCUT2D eigenvalue weighted by atomic mass is 9.55. The van der Waals surface area contributed by atoms with Crippen molar-refractivity contribution >= 4 is 5.97 Å². The SMILES string of the molecule is C=CC(C)C1(C(=O)O)C/C=C(/C)CCCC1(C)C. The van der Waals surface area contributed by atoms with Crippen LogP contribution < -0.4 is 0 Å². The van der Waals surface area contributed by atoms with E-state index in [-0.39, 0.29) is 11.3 Å². The molecule has 1 aliphatic rings. The van der Waals surface area contributed by atoms with Crippen LogP contribution in [0.4, 0.5) is 0 Å². The third kappa shape index (κ3) is 2.38. The van der Waals surface area contributed by atoms with Gasteiger partial charge < -0.3 is 5.11 Å². The summed E-state index contributed by atoms with van der Waals surface area (Å²) < 4.78 is 0. The quantitative estimate of drug-likeness (QED) is 0.752. The van der Waals surface area contributed by atoms with Gasteiger partial charge in [0, 0.05) is 0 Å². The van der Waals surface area contributed by atoms with E-state index in [1.54, 1.807) is 6.08 Å². The number of allylic oxidation sites excluding steroid dienone is 3. The maximum atomic E-state index is 12.0. The highest BCUT2D eigenvalue weighted by Crippen LogP contribution is 2.52. The van der Waals surface area contributed by atoms with Gasteiger partial charge in [-0.1, -0.05) is 38.5 Å². The summed E-state index contributed by atoms with van der Waals surface area (Å²) in [5.41, 5.74) is 0.354. The molecule has 0 spiro atoms. The Morgan fingerprint density at radius 1 is 1.56 bits per heavy atom. The van der Waals surface area contributed by atoms with Crippen molar-refractivity contribution in [2.75, 3.05) is 0 Å². The lowest BCUT2D eigenvalue weighted by molar-refractivity contribution is -0.161. The third-order valence-corrected chi connectivity index (χ3v) is 4.87. The zero-order valence-electron chi connectivity index (χ0n) is 12.1. The van der Waals surface area contributed by atoms with Crippen molar-refractivity contribution in [3.63, 3.8) is 0 Å². The van der Waals surface area contributed by atoms with Gasteiger partial charge in [0.2, 0.25) is 0 Å². The van der Waals surface area contributed by atoms with E-state index in [1.165, 1.54) is 5.57 Å². The van der Waals surface area contributed by atoms with E-state index in [0.717, 1.165) is 19.3 Å². The Labute approximate surface area is 111 Å². The Hall–Kier alpha value is -1.05. The Bertz CT molecular complexity index is 365. The zero-order chi connectivity index (χ0) is 14.0. The summed E-state index contributed by atoms with van der Waals surface area (Å²) >= 11 is 0. The molecule has 1 N–H and O–H groups in total. The number of carbonyl (C=O) groups is 1. The van der Waals surface area contributed by atoms with Gasteiger partial charge in [0.05, 0.1) is 5.41 Å². The molecule has 0 radical (unpaired) electrons. The summed E-state index contributed by atoms with van der Waals surface area (Å²) in [4.78, 5) is 12.0. The molecule has 18 heavy (non-hydrogen) atoms. The summed E-state index contributed by atoms with van der Waals surface area (Å²) in [6.07, 6.45) is 7.61. The molecule has 0 fully saturated rings. The molecule has 2 nitrogen and oxygen atoms in total. The van der Waals surface area contributed by atoms with Gasteiger partial charge in [0.25, 0.3) is 0 Å². The van der Waals surface area contributed by atoms with Crippen LogP contribution >= 0.6 is 0 Å². The molecule has 0 aliphatic heterocycles. The zero-order valence-corrected chi connectivity index (χ0v) is 12.1. The fourth-order valence-corrected chi connectivity index (χ4v) is 3.32. The normalized spacial score (nSPS) is 32.6. The van der Waals surface area contributed by atoms with Crippen LogP contribution in [0.25, 0.3) is 0 Å². The fourth-order valence-electron chi connectivity index (χ4n) is 3.32. The van der Waals surface area contributed by atoms with Crippen molar-refractivity contribution in [1.29, 1.82) is 0 Å². The van der Waals surface area contributed by atoms with Crippen LogP contribution in [0.15, 0.2) is 24.3 Å². The first-order valence-electron chi connectivity index (χ1n) is 6.79. The van der Waals surface area contributed by atoms with Crippen molar-refractivity contribution in [1.82, 2.24) is 0 Å². The fraction of sp³-hybridized carbons (Fsp3) is 0.688. The predicted molar refractivity (Wildman–Crippen MR) is 75.4 cm³/mol. The summed E-state index contributed by atoms with van der Waals surface area (Å²) in [5, 5.41) is 9.85. The van der Waals surface area contributed by atoms with Crippen molar-refractivity contribution < 1.29 is 9.90 Å². The topological polar surface area (TPSA) is 37.3 Å². The minimum absolute atomic E-state index is 0.0350. The van der Waals surface area contributed by atoms with Crippen LogP contribution in [0.5, 0.6) is 0 Å². The van der Waals surface area contributed by atoms with E-state index < -0.39 is 11.4 Å². The first-order chi connectivity index (χ1) is 8.28. The number of aliphatic carboxylic acids is 1. The number of carboxylic acid groups (broad SMARTS) is 1. The highest BCUT2D eigenvalue weighted by Gasteiger charge is 2.53. The van der Waals surface area contributed by atoms with Crippen molar-refractivity contribution in [2.24, 2.45) is 16.7 Å². The average Bonchev–Trinajstić information content (AvgIpc) is 2.26. The van der Waals surface area contributed by atoms with Gasteiger partial charge in [-0.15, -0.1) is 6.58 Å². The van der Waals surface area contributed by atoms with Crippen LogP contribution in [-0.4, -0.2) is 11.1 Å². The maximum absolute atomic E-state index is 12.0. The highest BCUT2D eigenvalue weighted by atomic mass is 16.4. The van der Waals surface area contributed by atoms with E-state index in [4.69, 9.17) is 0 Å². The molecule has 0 aromatic heterocycles. The van der Waals surface area contributed by atoms with Gasteiger partial charge in [0.15, 0.2) is 0 Å². The Balaban J connectivity index is 3.34. The molecule has 0 saturated heterocycles. The molecule has 0 saturated carbocycles. The first-order valence-corrected chi connectivity index (χ1v) is 6.79. The van der Waals surface area contributed by atoms with E-state index in [9.17, 15) is 9.90 Å². The summed E-state index contributed by atoms with van der Waals surface area (Å²) in [6.45, 7) is 12.1. The Kier molecular flexibility index (Phi) is 4.41. The second-order valence-corrected chi connectivity index (χ2v) is 6.29. The minimum Gasteiger partial charge on any atom is -0.481 e. The van der Waals surface area contributed by atoms with Gasteiger partial charge >= 0.3 is 5.97 Å². The molecule has 2 heteroatoms. The van der Waals surface area contributed by atoms with Gasteiger partial charge in [-0.3, -0.25) is 4.79 Å². The van der Waals surface area contributed by atoms with Crippen LogP contribution in [0.1, 0.15) is 53.4 Å². The van der Waals surface area contributed by atoms with E-state index in [0.29, 0.717) is 6.42 Å². The molecule has 0 aromatic carbocycles. The van der Waals surface area contributed by atoms with Crippen LogP contribution in [0, 0.1) is 16.7 Å². The largest absolute Gasteiger partial charge is 0.481 e. The van der Waals surface area contributed by atoms with Gasteiger partial charge in [-0.2, -0.15) is 0 Å². The standard InChI is InChI=1S/C16H26O2/c1-6-13(3)16(14(17)18)11-9-12(2)8-7-10-15(16,4)5/h6,9,13H,1,7-8,10-11H2,2-5H3,(H,17,18)/b12-9-. The molecule has 1 rings (SSSR count). The molecule has 0 aromatic rings. The van der Waals surface area contributed by atoms with Crippen LogP contribution in [-0.2, 0) is 4.79 Å². The maximum Gasteiger partial charge on any atom is 0.311 e. The second kappa shape index (κ2) is 5.29. The number of rotatable bonds is 3. The Morgan fingerprint density at radius 2 is 2.17 bits per heavy atom. The predicted octanol–water partition coefficient (Wildman–Crippen LogP) is 4.43. The molecular formula is C16H26O2. The van der Waals surface area contributed by atoms with Gasteiger partial charge in [-0.05, 0) is 43.9 Å². The number of carboxylic acids is 1. The molecular weight excluding hydrogens is 224 g/mol. The lowest BCUT2D eigenvalue weighted by Gasteiger charge is -2.47. The first kappa shape index (κ1) is 15.0. The lowest BCUT2D eigenvalue weighted by Crippen LogP contribution is -2.49. The Morgan fingerprint density at radius 3 is 2.67 bits per heavy atom. The minimum atomic E-state index is -0.740. The van der Waals surface area contributed by atoms with Crippen molar-refractivity contribution in [3.8, 4) is 0 Å². The van der Waals surface area contributed by atoms with Crippen LogP contribution in [0.3, 0.4) is 0 Å². The molecule has 0 amide bonds. The number of hydrogen-bond acceptors (Lipinski definition) is 1. The molecule has 0 heterocycles. The summed E-state index contributed by atoms with van der Waals surface area (Å²) in [5.74, 6) is -0.724. The van der Waals surface area contributed by atoms with Gasteiger partial charge in [0.1, 0.15) is 0 Å². The number of hydrogen-bond donors (Lipinski definition) is 1. The molecule has 2 unspecified atom stereocenters. The highest BCUT2D eigenvalue weighted by molar-refractivity contribution is 5.77. The van der Waals surface area contributed by atoms with Crippen molar-refractivity contribution in [3.05, 3.63) is 24.3 Å². The van der Waals surface area contributed by atoms with Crippen molar-refractivity contribution in [2.45, 2.75) is 53.4 Å². The monoisotopic (exact) mass is 250 g/mol. The second-order valence-electron chi connectivity index (χ2n) is 6.29. The summed E-state index contributed by atoms with van der Waals surface area (Å²) in [7, 11) is 0. The third-order valence-electron chi connectivity index (χ3n) is 4.87. The molecule has 0 bridgehead atoms. The van der Waals surface area contributed by atoms with E-state index in [2.05, 4.69) is 33.4 Å². The smallest absolute Gasteiger partial charge is 0.311 e. The molecule has 2 atom stereocenters. The summed E-state index contributed by atoms with van der Waals surface area (Å²) in [6, 6.07) is 0. The average molecular weight is 250 g/mol.